The summed E-state index contributed by atoms with van der Waals surface area (Å²) in [5.41, 5.74) is 4.03. The van der Waals surface area contributed by atoms with E-state index < -0.39 is 0 Å². The molecule has 4 heterocycles. The Balaban J connectivity index is 1.31. The molecule has 0 bridgehead atoms. The normalized spacial score (nSPS) is 15.6. The van der Waals surface area contributed by atoms with Crippen molar-refractivity contribution < 1.29 is 4.79 Å². The number of amides is 1. The Morgan fingerprint density at radius 3 is 2.76 bits per heavy atom. The van der Waals surface area contributed by atoms with E-state index >= 15 is 0 Å². The first-order valence-corrected chi connectivity index (χ1v) is 10.3. The van der Waals surface area contributed by atoms with Gasteiger partial charge in [-0.05, 0) is 50.3 Å². The number of fused-ring (bicyclic) bond motifs is 2. The summed E-state index contributed by atoms with van der Waals surface area (Å²) in [6.07, 6.45) is 7.58. The molecule has 0 atom stereocenters. The molecule has 1 aliphatic heterocycles. The third kappa shape index (κ3) is 3.09. The van der Waals surface area contributed by atoms with E-state index in [4.69, 9.17) is 0 Å². The van der Waals surface area contributed by atoms with E-state index in [0.29, 0.717) is 11.5 Å². The zero-order valence-electron chi connectivity index (χ0n) is 16.8. The molecular formula is C23H25N5O. The molecule has 1 fully saturated rings. The third-order valence-electron chi connectivity index (χ3n) is 6.01. The first-order valence-electron chi connectivity index (χ1n) is 10.3. The van der Waals surface area contributed by atoms with E-state index in [9.17, 15) is 4.79 Å². The van der Waals surface area contributed by atoms with Crippen LogP contribution in [0.3, 0.4) is 0 Å². The van der Waals surface area contributed by atoms with E-state index in [2.05, 4.69) is 59.4 Å². The Kier molecular flexibility index (Phi) is 4.34. The van der Waals surface area contributed by atoms with Crippen molar-refractivity contribution >= 4 is 27.8 Å². The molecule has 0 radical (unpaired) electrons. The van der Waals surface area contributed by atoms with Crippen LogP contribution in [-0.2, 0) is 0 Å². The highest BCUT2D eigenvalue weighted by atomic mass is 16.2. The van der Waals surface area contributed by atoms with E-state index in [1.807, 2.05) is 15.6 Å². The van der Waals surface area contributed by atoms with Gasteiger partial charge in [-0.15, -0.1) is 0 Å². The second kappa shape index (κ2) is 7.03. The van der Waals surface area contributed by atoms with Gasteiger partial charge in [0.25, 0.3) is 5.91 Å². The lowest BCUT2D eigenvalue weighted by Gasteiger charge is -2.32. The van der Waals surface area contributed by atoms with Gasteiger partial charge in [-0.3, -0.25) is 4.79 Å². The average molecular weight is 387 g/mol. The minimum absolute atomic E-state index is 0.0640. The summed E-state index contributed by atoms with van der Waals surface area (Å²) in [6.45, 7) is 5.69. The first-order chi connectivity index (χ1) is 14.1. The highest BCUT2D eigenvalue weighted by molar-refractivity contribution is 5.97. The number of nitrogens with one attached hydrogen (secondary N) is 1. The van der Waals surface area contributed by atoms with Crippen LogP contribution in [0.2, 0.25) is 0 Å². The molecule has 1 amide bonds. The Labute approximate surface area is 169 Å². The molecule has 4 aromatic rings. The Morgan fingerprint density at radius 2 is 1.97 bits per heavy atom. The molecule has 0 unspecified atom stereocenters. The lowest BCUT2D eigenvalue weighted by Crippen LogP contribution is -2.37. The van der Waals surface area contributed by atoms with Gasteiger partial charge in [0.15, 0.2) is 5.65 Å². The van der Waals surface area contributed by atoms with Crippen molar-refractivity contribution in [3.8, 4) is 0 Å². The number of hydrogen-bond acceptors (Lipinski definition) is 3. The van der Waals surface area contributed by atoms with E-state index in [1.165, 1.54) is 16.5 Å². The van der Waals surface area contributed by atoms with Gasteiger partial charge in [0, 0.05) is 47.8 Å². The zero-order valence-corrected chi connectivity index (χ0v) is 16.8. The van der Waals surface area contributed by atoms with Crippen molar-refractivity contribution in [2.75, 3.05) is 13.1 Å². The summed E-state index contributed by atoms with van der Waals surface area (Å²) < 4.78 is 1.89. The standard InChI is InChI=1S/C23H25N5O/c1-15(2)28-22-17(13-26-28)11-18(12-25-22)23(29)27-9-7-16(8-10-27)20-14-24-21-6-4-3-5-19(20)21/h3-6,11-16,24H,7-10H2,1-2H3. The van der Waals surface area contributed by atoms with Gasteiger partial charge in [0.1, 0.15) is 0 Å². The second-order valence-corrected chi connectivity index (χ2v) is 8.18. The van der Waals surface area contributed by atoms with Gasteiger partial charge in [0.05, 0.1) is 11.8 Å². The predicted molar refractivity (Wildman–Crippen MR) is 114 cm³/mol. The number of benzene rings is 1. The number of pyridine rings is 1. The second-order valence-electron chi connectivity index (χ2n) is 8.18. The molecule has 1 aliphatic rings. The number of aromatic nitrogens is 4. The topological polar surface area (TPSA) is 66.8 Å². The maximum Gasteiger partial charge on any atom is 0.255 e. The van der Waals surface area contributed by atoms with Gasteiger partial charge in [-0.1, -0.05) is 18.2 Å². The highest BCUT2D eigenvalue weighted by Gasteiger charge is 2.26. The minimum atomic E-state index is 0.0640. The summed E-state index contributed by atoms with van der Waals surface area (Å²) in [5, 5.41) is 6.61. The lowest BCUT2D eigenvalue weighted by molar-refractivity contribution is 0.0713. The van der Waals surface area contributed by atoms with Gasteiger partial charge in [-0.25, -0.2) is 9.67 Å². The van der Waals surface area contributed by atoms with Crippen LogP contribution in [0.4, 0.5) is 0 Å². The van der Waals surface area contributed by atoms with Crippen LogP contribution in [0.5, 0.6) is 0 Å². The molecule has 6 nitrogen and oxygen atoms in total. The number of para-hydroxylation sites is 1. The number of likely N-dealkylation sites (tertiary alicyclic amines) is 1. The molecule has 0 aliphatic carbocycles. The average Bonchev–Trinajstić information content (AvgIpc) is 3.37. The van der Waals surface area contributed by atoms with Gasteiger partial charge >= 0.3 is 0 Å². The number of piperidine rings is 1. The predicted octanol–water partition coefficient (Wildman–Crippen LogP) is 4.51. The van der Waals surface area contributed by atoms with Crippen LogP contribution < -0.4 is 0 Å². The van der Waals surface area contributed by atoms with Crippen molar-refractivity contribution in [1.82, 2.24) is 24.6 Å². The number of rotatable bonds is 3. The summed E-state index contributed by atoms with van der Waals surface area (Å²) in [7, 11) is 0. The molecule has 6 heteroatoms. The quantitative estimate of drug-likeness (QED) is 0.562. The molecule has 29 heavy (non-hydrogen) atoms. The highest BCUT2D eigenvalue weighted by Crippen LogP contribution is 2.33. The lowest BCUT2D eigenvalue weighted by atomic mass is 9.89. The molecule has 0 saturated carbocycles. The van der Waals surface area contributed by atoms with E-state index in [1.54, 1.807) is 12.4 Å². The van der Waals surface area contributed by atoms with Gasteiger partial charge in [0.2, 0.25) is 0 Å². The molecule has 5 rings (SSSR count). The molecule has 1 aromatic carbocycles. The van der Waals surface area contributed by atoms with Crippen molar-refractivity contribution in [2.45, 2.75) is 38.6 Å². The fourth-order valence-electron chi connectivity index (χ4n) is 4.44. The summed E-state index contributed by atoms with van der Waals surface area (Å²) in [4.78, 5) is 22.9. The first kappa shape index (κ1) is 17.9. The fraction of sp³-hybridized carbons (Fsp3) is 0.348. The Bertz CT molecular complexity index is 1180. The molecule has 1 N–H and O–H groups in total. The number of nitrogens with zero attached hydrogens (tertiary/aromatic N) is 4. The third-order valence-corrected chi connectivity index (χ3v) is 6.01. The Hall–Kier alpha value is -3.15. The maximum atomic E-state index is 13.0. The van der Waals surface area contributed by atoms with Crippen LogP contribution in [0.25, 0.3) is 21.9 Å². The van der Waals surface area contributed by atoms with Crippen molar-refractivity contribution in [3.05, 3.63) is 60.0 Å². The van der Waals surface area contributed by atoms with E-state index in [-0.39, 0.29) is 11.9 Å². The molecule has 1 saturated heterocycles. The number of H-pyrrole nitrogens is 1. The van der Waals surface area contributed by atoms with Crippen LogP contribution in [0.15, 0.2) is 48.9 Å². The number of aromatic amines is 1. The summed E-state index contributed by atoms with van der Waals surface area (Å²) in [5.74, 6) is 0.550. The number of carbonyl (C=O) groups excluding carboxylic acids is 1. The largest absolute Gasteiger partial charge is 0.361 e. The molecular weight excluding hydrogens is 362 g/mol. The van der Waals surface area contributed by atoms with Crippen molar-refractivity contribution in [2.24, 2.45) is 0 Å². The fourth-order valence-corrected chi connectivity index (χ4v) is 4.44. The van der Waals surface area contributed by atoms with Gasteiger partial charge in [-0.2, -0.15) is 5.10 Å². The minimum Gasteiger partial charge on any atom is -0.361 e. The van der Waals surface area contributed by atoms with Crippen LogP contribution in [0.1, 0.15) is 54.6 Å². The maximum absolute atomic E-state index is 13.0. The molecule has 0 spiro atoms. The van der Waals surface area contributed by atoms with E-state index in [0.717, 1.165) is 37.0 Å². The summed E-state index contributed by atoms with van der Waals surface area (Å²) >= 11 is 0. The SMILES string of the molecule is CC(C)n1ncc2cc(C(=O)N3CCC(c4c[nH]c5ccccc45)CC3)cnc21. The van der Waals surface area contributed by atoms with Crippen molar-refractivity contribution in [1.29, 1.82) is 0 Å². The molecule has 3 aromatic heterocycles. The monoisotopic (exact) mass is 387 g/mol. The van der Waals surface area contributed by atoms with Crippen molar-refractivity contribution in [3.63, 3.8) is 0 Å². The summed E-state index contributed by atoms with van der Waals surface area (Å²) in [6, 6.07) is 10.6. The Morgan fingerprint density at radius 1 is 1.17 bits per heavy atom. The number of carbonyl (C=O) groups is 1. The van der Waals surface area contributed by atoms with Gasteiger partial charge < -0.3 is 9.88 Å². The smallest absolute Gasteiger partial charge is 0.255 e. The molecule has 148 valence electrons. The van der Waals surface area contributed by atoms with Crippen LogP contribution in [-0.4, -0.2) is 43.6 Å². The van der Waals surface area contributed by atoms with Crippen LogP contribution >= 0.6 is 0 Å². The zero-order chi connectivity index (χ0) is 20.0. The van der Waals surface area contributed by atoms with Crippen LogP contribution in [0, 0.1) is 0 Å². The number of hydrogen-bond donors (Lipinski definition) is 1.